The number of anilines is 1. The van der Waals surface area contributed by atoms with Gasteiger partial charge in [-0.25, -0.2) is 0 Å². The summed E-state index contributed by atoms with van der Waals surface area (Å²) < 4.78 is 0. The van der Waals surface area contributed by atoms with E-state index >= 15 is 0 Å². The second kappa shape index (κ2) is 7.98. The van der Waals surface area contributed by atoms with Gasteiger partial charge < -0.3 is 15.3 Å². The van der Waals surface area contributed by atoms with Crippen LogP contribution in [0.1, 0.15) is 25.7 Å². The molecule has 1 aliphatic carbocycles. The Labute approximate surface area is 171 Å². The van der Waals surface area contributed by atoms with Gasteiger partial charge in [-0.3, -0.25) is 4.98 Å². The number of hydrogen-bond acceptors (Lipinski definition) is 4. The van der Waals surface area contributed by atoms with E-state index in [9.17, 15) is 5.11 Å². The van der Waals surface area contributed by atoms with Gasteiger partial charge in [0.2, 0.25) is 0 Å². The molecular formula is C23H26ClN3O. The van der Waals surface area contributed by atoms with Crippen molar-refractivity contribution in [2.24, 2.45) is 0 Å². The molecule has 146 valence electrons. The normalized spacial score (nSPS) is 19.9. The minimum absolute atomic E-state index is 0.101. The van der Waals surface area contributed by atoms with Crippen LogP contribution in [0.3, 0.4) is 0 Å². The number of rotatable bonds is 4. The molecule has 1 aliphatic rings. The summed E-state index contributed by atoms with van der Waals surface area (Å²) in [6, 6.07) is 14.8. The van der Waals surface area contributed by atoms with E-state index in [1.54, 1.807) is 12.1 Å². The van der Waals surface area contributed by atoms with E-state index in [0.717, 1.165) is 27.7 Å². The third kappa shape index (κ3) is 3.94. The monoisotopic (exact) mass is 395 g/mol. The van der Waals surface area contributed by atoms with Crippen LogP contribution in [-0.4, -0.2) is 41.2 Å². The van der Waals surface area contributed by atoms with E-state index in [4.69, 9.17) is 11.6 Å². The lowest BCUT2D eigenvalue weighted by molar-refractivity contribution is 0.221. The van der Waals surface area contributed by atoms with Crippen molar-refractivity contribution in [2.75, 3.05) is 19.4 Å². The molecule has 0 unspecified atom stereocenters. The van der Waals surface area contributed by atoms with Gasteiger partial charge in [0.15, 0.2) is 0 Å². The SMILES string of the molecule is CN(C)C1CCC(Nc2ccnc3ccc(-c4ccc(O)c(Cl)c4)cc23)CC1. The molecule has 2 N–H and O–H groups in total. The summed E-state index contributed by atoms with van der Waals surface area (Å²) in [6.45, 7) is 0. The predicted octanol–water partition coefficient (Wildman–Crippen LogP) is 5.55. The van der Waals surface area contributed by atoms with Gasteiger partial charge in [-0.1, -0.05) is 23.7 Å². The second-order valence-corrected chi connectivity index (χ2v) is 8.28. The number of halogens is 1. The Morgan fingerprint density at radius 3 is 2.43 bits per heavy atom. The Morgan fingerprint density at radius 1 is 1.00 bits per heavy atom. The molecule has 0 atom stereocenters. The first-order chi connectivity index (χ1) is 13.5. The van der Waals surface area contributed by atoms with Crippen LogP contribution in [-0.2, 0) is 0 Å². The average Bonchev–Trinajstić information content (AvgIpc) is 2.70. The first kappa shape index (κ1) is 19.0. The van der Waals surface area contributed by atoms with Crippen molar-refractivity contribution in [3.8, 4) is 16.9 Å². The number of hydrogen-bond donors (Lipinski definition) is 2. The maximum Gasteiger partial charge on any atom is 0.134 e. The molecule has 1 aromatic heterocycles. The molecule has 0 bridgehead atoms. The molecule has 0 aliphatic heterocycles. The van der Waals surface area contributed by atoms with Crippen LogP contribution in [0.25, 0.3) is 22.0 Å². The van der Waals surface area contributed by atoms with Crippen LogP contribution < -0.4 is 5.32 Å². The van der Waals surface area contributed by atoms with Gasteiger partial charge in [-0.15, -0.1) is 0 Å². The van der Waals surface area contributed by atoms with Gasteiger partial charge in [0.25, 0.3) is 0 Å². The van der Waals surface area contributed by atoms with Crippen LogP contribution in [0.15, 0.2) is 48.7 Å². The predicted molar refractivity (Wildman–Crippen MR) is 117 cm³/mol. The highest BCUT2D eigenvalue weighted by atomic mass is 35.5. The van der Waals surface area contributed by atoms with Crippen molar-refractivity contribution in [1.82, 2.24) is 9.88 Å². The highest BCUT2D eigenvalue weighted by Gasteiger charge is 2.22. The van der Waals surface area contributed by atoms with E-state index in [1.807, 2.05) is 24.4 Å². The van der Waals surface area contributed by atoms with Crippen LogP contribution in [0.4, 0.5) is 5.69 Å². The fraction of sp³-hybridized carbons (Fsp3) is 0.348. The number of aromatic hydroxyl groups is 1. The highest BCUT2D eigenvalue weighted by molar-refractivity contribution is 6.32. The molecule has 0 saturated heterocycles. The zero-order chi connectivity index (χ0) is 19.7. The zero-order valence-electron chi connectivity index (χ0n) is 16.3. The lowest BCUT2D eigenvalue weighted by Gasteiger charge is -2.33. The minimum Gasteiger partial charge on any atom is -0.506 e. The van der Waals surface area contributed by atoms with Crippen molar-refractivity contribution in [2.45, 2.75) is 37.8 Å². The lowest BCUT2D eigenvalue weighted by atomic mass is 9.90. The van der Waals surface area contributed by atoms with Gasteiger partial charge in [-0.2, -0.15) is 0 Å². The fourth-order valence-corrected chi connectivity index (χ4v) is 4.28. The molecule has 0 spiro atoms. The molecule has 1 heterocycles. The molecule has 4 rings (SSSR count). The van der Waals surface area contributed by atoms with E-state index < -0.39 is 0 Å². The summed E-state index contributed by atoms with van der Waals surface area (Å²) >= 11 is 6.10. The number of nitrogens with one attached hydrogen (secondary N) is 1. The summed E-state index contributed by atoms with van der Waals surface area (Å²) in [5.41, 5.74) is 4.14. The number of nitrogens with zero attached hydrogens (tertiary/aromatic N) is 2. The fourth-order valence-electron chi connectivity index (χ4n) is 4.09. The molecule has 28 heavy (non-hydrogen) atoms. The van der Waals surface area contributed by atoms with Crippen molar-refractivity contribution in [1.29, 1.82) is 0 Å². The number of benzene rings is 2. The van der Waals surface area contributed by atoms with Crippen molar-refractivity contribution in [3.63, 3.8) is 0 Å². The Kier molecular flexibility index (Phi) is 5.42. The Morgan fingerprint density at radius 2 is 1.71 bits per heavy atom. The number of phenols is 1. The third-order valence-electron chi connectivity index (χ3n) is 5.81. The molecule has 0 amide bonds. The van der Waals surface area contributed by atoms with E-state index in [2.05, 4.69) is 41.4 Å². The molecule has 4 nitrogen and oxygen atoms in total. The largest absolute Gasteiger partial charge is 0.506 e. The van der Waals surface area contributed by atoms with Crippen LogP contribution >= 0.6 is 11.6 Å². The molecule has 1 saturated carbocycles. The summed E-state index contributed by atoms with van der Waals surface area (Å²) in [6.07, 6.45) is 6.68. The molecular weight excluding hydrogens is 370 g/mol. The van der Waals surface area contributed by atoms with Crippen molar-refractivity contribution >= 4 is 28.2 Å². The average molecular weight is 396 g/mol. The number of aromatic nitrogens is 1. The Balaban J connectivity index is 1.61. The summed E-state index contributed by atoms with van der Waals surface area (Å²) in [4.78, 5) is 6.86. The van der Waals surface area contributed by atoms with Gasteiger partial charge in [0.1, 0.15) is 5.75 Å². The molecule has 3 aromatic rings. The number of fused-ring (bicyclic) bond motifs is 1. The maximum atomic E-state index is 9.69. The smallest absolute Gasteiger partial charge is 0.134 e. The topological polar surface area (TPSA) is 48.4 Å². The Hall–Kier alpha value is -2.30. The van der Waals surface area contributed by atoms with Gasteiger partial charge >= 0.3 is 0 Å². The quantitative estimate of drug-likeness (QED) is 0.608. The van der Waals surface area contributed by atoms with Crippen LogP contribution in [0.2, 0.25) is 5.02 Å². The van der Waals surface area contributed by atoms with Crippen LogP contribution in [0, 0.1) is 0 Å². The summed E-state index contributed by atoms with van der Waals surface area (Å²) in [7, 11) is 4.35. The zero-order valence-corrected chi connectivity index (χ0v) is 17.1. The molecule has 5 heteroatoms. The van der Waals surface area contributed by atoms with Gasteiger partial charge in [0.05, 0.1) is 10.5 Å². The summed E-state index contributed by atoms with van der Waals surface area (Å²) in [5, 5.41) is 14.9. The van der Waals surface area contributed by atoms with E-state index in [0.29, 0.717) is 17.1 Å². The van der Waals surface area contributed by atoms with Gasteiger partial charge in [0, 0.05) is 29.4 Å². The van der Waals surface area contributed by atoms with Crippen molar-refractivity contribution < 1.29 is 5.11 Å². The van der Waals surface area contributed by atoms with Crippen LogP contribution in [0.5, 0.6) is 5.75 Å². The second-order valence-electron chi connectivity index (χ2n) is 7.87. The van der Waals surface area contributed by atoms with E-state index in [1.165, 1.54) is 25.7 Å². The third-order valence-corrected chi connectivity index (χ3v) is 6.11. The van der Waals surface area contributed by atoms with E-state index in [-0.39, 0.29) is 5.75 Å². The summed E-state index contributed by atoms with van der Waals surface area (Å²) in [5.74, 6) is 0.101. The molecule has 1 fully saturated rings. The molecule has 2 aromatic carbocycles. The van der Waals surface area contributed by atoms with Crippen molar-refractivity contribution in [3.05, 3.63) is 53.7 Å². The lowest BCUT2D eigenvalue weighted by Crippen LogP contribution is -2.36. The maximum absolute atomic E-state index is 9.69. The highest BCUT2D eigenvalue weighted by Crippen LogP contribution is 2.33. The number of pyridine rings is 1. The number of phenolic OH excluding ortho intramolecular Hbond substituents is 1. The first-order valence-electron chi connectivity index (χ1n) is 9.82. The molecule has 0 radical (unpaired) electrons. The first-order valence-corrected chi connectivity index (χ1v) is 10.2. The Bertz CT molecular complexity index is 981. The van der Waals surface area contributed by atoms with Gasteiger partial charge in [-0.05, 0) is 81.2 Å². The standard InChI is InChI=1S/C23H26ClN3O/c1-27(2)18-7-5-17(6-8-18)26-22-11-12-25-21-9-3-15(13-19(21)22)16-4-10-23(28)20(24)14-16/h3-4,9-14,17-18,28H,5-8H2,1-2H3,(H,25,26). The minimum atomic E-state index is 0.101.